The van der Waals surface area contributed by atoms with E-state index in [1.165, 1.54) is 4.90 Å². The highest BCUT2D eigenvalue weighted by Gasteiger charge is 2.48. The van der Waals surface area contributed by atoms with Gasteiger partial charge in [0.1, 0.15) is 11.8 Å². The zero-order valence-corrected chi connectivity index (χ0v) is 17.4. The van der Waals surface area contributed by atoms with Crippen molar-refractivity contribution < 1.29 is 41.4 Å². The predicted octanol–water partition coefficient (Wildman–Crippen LogP) is 2.56. The summed E-state index contributed by atoms with van der Waals surface area (Å²) in [6.45, 7) is 0.688. The van der Waals surface area contributed by atoms with Crippen LogP contribution in [0.1, 0.15) is 17.3 Å². The summed E-state index contributed by atoms with van der Waals surface area (Å²) >= 11 is 0. The van der Waals surface area contributed by atoms with Crippen molar-refractivity contribution in [1.82, 2.24) is 19.4 Å². The van der Waals surface area contributed by atoms with Crippen molar-refractivity contribution >= 4 is 11.9 Å². The minimum atomic E-state index is -5.08. The second-order valence-corrected chi connectivity index (χ2v) is 7.64. The van der Waals surface area contributed by atoms with E-state index in [9.17, 15) is 26.7 Å². The van der Waals surface area contributed by atoms with E-state index in [0.717, 1.165) is 17.0 Å². The molecule has 1 fully saturated rings. The number of hydrogen-bond acceptors (Lipinski definition) is 5. The lowest BCUT2D eigenvalue weighted by molar-refractivity contribution is -0.192. The highest BCUT2D eigenvalue weighted by molar-refractivity contribution is 5.82. The fraction of sp³-hybridized carbons (Fsp3) is 0.450. The molecular formula is C20H21F5N4O4. The summed E-state index contributed by atoms with van der Waals surface area (Å²) in [7, 11) is 1.63. The molecule has 1 atom stereocenters. The third kappa shape index (κ3) is 5.78. The molecule has 2 aliphatic rings. The van der Waals surface area contributed by atoms with Gasteiger partial charge in [-0.3, -0.25) is 9.69 Å². The van der Waals surface area contributed by atoms with Crippen LogP contribution in [0.25, 0.3) is 0 Å². The number of aliphatic carboxylic acids is 1. The Morgan fingerprint density at radius 1 is 1.24 bits per heavy atom. The van der Waals surface area contributed by atoms with E-state index in [0.29, 0.717) is 19.6 Å². The van der Waals surface area contributed by atoms with Gasteiger partial charge in [0.2, 0.25) is 5.91 Å². The Morgan fingerprint density at radius 3 is 2.45 bits per heavy atom. The summed E-state index contributed by atoms with van der Waals surface area (Å²) in [5.41, 5.74) is 1.92. The molecule has 1 saturated heterocycles. The minimum Gasteiger partial charge on any atom is -0.496 e. The molecule has 0 spiro atoms. The average molecular weight is 476 g/mol. The number of likely N-dealkylation sites (tertiary alicyclic amines) is 1. The standard InChI is InChI=1S/C18H20F2N4O2.C2HF3O2/c1-26-16-5-3-2-4-13(16)7-22-8-14-6-21-12-24(14)15(9-22)17(25)23-10-18(19,20)11-23;3-2(4,5)1(6)7/h2-6,12,15H,7-11H2,1H3;(H,6,7). The van der Waals surface area contributed by atoms with E-state index in [2.05, 4.69) is 9.88 Å². The molecule has 33 heavy (non-hydrogen) atoms. The largest absolute Gasteiger partial charge is 0.496 e. The number of fused-ring (bicyclic) bond motifs is 1. The second kappa shape index (κ2) is 9.33. The molecule has 1 unspecified atom stereocenters. The Hall–Kier alpha value is -3.22. The van der Waals surface area contributed by atoms with E-state index in [-0.39, 0.29) is 5.91 Å². The highest BCUT2D eigenvalue weighted by Crippen LogP contribution is 2.32. The number of para-hydroxylation sites is 1. The monoisotopic (exact) mass is 476 g/mol. The minimum absolute atomic E-state index is 0.278. The first-order chi connectivity index (χ1) is 15.4. The van der Waals surface area contributed by atoms with Crippen molar-refractivity contribution in [1.29, 1.82) is 0 Å². The van der Waals surface area contributed by atoms with Crippen LogP contribution in [-0.4, -0.2) is 75.2 Å². The predicted molar refractivity (Wildman–Crippen MR) is 104 cm³/mol. The van der Waals surface area contributed by atoms with Gasteiger partial charge in [-0.25, -0.2) is 18.6 Å². The van der Waals surface area contributed by atoms with Crippen LogP contribution in [0.3, 0.4) is 0 Å². The molecule has 0 bridgehead atoms. The quantitative estimate of drug-likeness (QED) is 0.683. The van der Waals surface area contributed by atoms with E-state index >= 15 is 0 Å². The van der Waals surface area contributed by atoms with Crippen molar-refractivity contribution in [2.45, 2.75) is 31.2 Å². The molecule has 1 N–H and O–H groups in total. The number of carboxylic acids is 1. The van der Waals surface area contributed by atoms with E-state index in [1.807, 2.05) is 24.3 Å². The second-order valence-electron chi connectivity index (χ2n) is 7.64. The lowest BCUT2D eigenvalue weighted by Crippen LogP contribution is -2.61. The van der Waals surface area contributed by atoms with Crippen LogP contribution in [0.5, 0.6) is 5.75 Å². The lowest BCUT2D eigenvalue weighted by Gasteiger charge is -2.42. The SMILES string of the molecule is COc1ccccc1CN1Cc2cncn2C(C(=O)N2CC(F)(F)C2)C1.O=C(O)C(F)(F)F. The van der Waals surface area contributed by atoms with Gasteiger partial charge in [-0.05, 0) is 6.07 Å². The van der Waals surface area contributed by atoms with Crippen LogP contribution in [-0.2, 0) is 22.7 Å². The fourth-order valence-electron chi connectivity index (χ4n) is 3.63. The summed E-state index contributed by atoms with van der Waals surface area (Å²) in [6, 6.07) is 7.19. The number of methoxy groups -OCH3 is 1. The molecule has 2 aromatic rings. The molecule has 180 valence electrons. The summed E-state index contributed by atoms with van der Waals surface area (Å²) in [6.07, 6.45) is -1.75. The number of benzene rings is 1. The summed E-state index contributed by atoms with van der Waals surface area (Å²) in [5.74, 6) is -5.01. The zero-order valence-electron chi connectivity index (χ0n) is 17.4. The van der Waals surface area contributed by atoms with Crippen LogP contribution >= 0.6 is 0 Å². The summed E-state index contributed by atoms with van der Waals surface area (Å²) < 4.78 is 65.3. The van der Waals surface area contributed by atoms with Crippen molar-refractivity contribution in [3.63, 3.8) is 0 Å². The number of alkyl halides is 5. The number of carbonyl (C=O) groups excluding carboxylic acids is 1. The van der Waals surface area contributed by atoms with Crippen LogP contribution < -0.4 is 4.74 Å². The van der Waals surface area contributed by atoms with Crippen molar-refractivity contribution in [3.05, 3.63) is 48.0 Å². The number of imidazole rings is 1. The summed E-state index contributed by atoms with van der Waals surface area (Å²) in [4.78, 5) is 29.1. The molecule has 1 aromatic heterocycles. The van der Waals surface area contributed by atoms with E-state index < -0.39 is 37.2 Å². The number of carbonyl (C=O) groups is 2. The molecule has 0 radical (unpaired) electrons. The first-order valence-electron chi connectivity index (χ1n) is 9.73. The van der Waals surface area contributed by atoms with Gasteiger partial charge in [0.15, 0.2) is 0 Å². The molecule has 1 amide bonds. The Kier molecular flexibility index (Phi) is 6.91. The van der Waals surface area contributed by atoms with Gasteiger partial charge in [0.05, 0.1) is 32.2 Å². The average Bonchev–Trinajstić information content (AvgIpc) is 3.19. The Labute approximate surface area is 185 Å². The van der Waals surface area contributed by atoms with Gasteiger partial charge in [0.25, 0.3) is 5.92 Å². The molecule has 1 aromatic carbocycles. The normalized spacial score (nSPS) is 19.6. The number of amides is 1. The number of aromatic nitrogens is 2. The smallest absolute Gasteiger partial charge is 0.490 e. The maximum absolute atomic E-state index is 13.2. The highest BCUT2D eigenvalue weighted by atomic mass is 19.4. The van der Waals surface area contributed by atoms with Crippen molar-refractivity contribution in [2.24, 2.45) is 0 Å². The van der Waals surface area contributed by atoms with Gasteiger partial charge in [-0.15, -0.1) is 0 Å². The Morgan fingerprint density at radius 2 is 1.88 bits per heavy atom. The maximum Gasteiger partial charge on any atom is 0.490 e. The molecule has 3 heterocycles. The molecule has 4 rings (SSSR count). The fourth-order valence-corrected chi connectivity index (χ4v) is 3.63. The third-order valence-corrected chi connectivity index (χ3v) is 5.17. The lowest BCUT2D eigenvalue weighted by atomic mass is 10.1. The third-order valence-electron chi connectivity index (χ3n) is 5.17. The van der Waals surface area contributed by atoms with Gasteiger partial charge < -0.3 is 19.3 Å². The molecule has 2 aliphatic heterocycles. The Bertz CT molecular complexity index is 1000. The molecule has 13 heteroatoms. The topological polar surface area (TPSA) is 87.9 Å². The molecular weight excluding hydrogens is 455 g/mol. The van der Waals surface area contributed by atoms with Crippen LogP contribution in [0.2, 0.25) is 0 Å². The number of rotatable bonds is 4. The van der Waals surface area contributed by atoms with Crippen LogP contribution in [0, 0.1) is 0 Å². The summed E-state index contributed by atoms with van der Waals surface area (Å²) in [5, 5.41) is 7.12. The van der Waals surface area contributed by atoms with Gasteiger partial charge in [-0.2, -0.15) is 13.2 Å². The van der Waals surface area contributed by atoms with Gasteiger partial charge in [-0.1, -0.05) is 18.2 Å². The molecule has 0 aliphatic carbocycles. The number of ether oxygens (including phenoxy) is 1. The first-order valence-corrected chi connectivity index (χ1v) is 9.73. The van der Waals surface area contributed by atoms with Crippen LogP contribution in [0.4, 0.5) is 22.0 Å². The number of halogens is 5. The van der Waals surface area contributed by atoms with Gasteiger partial charge in [0, 0.05) is 31.4 Å². The van der Waals surface area contributed by atoms with E-state index in [1.54, 1.807) is 24.2 Å². The van der Waals surface area contributed by atoms with Crippen molar-refractivity contribution in [3.8, 4) is 5.75 Å². The number of carboxylic acid groups (broad SMARTS) is 1. The Balaban J connectivity index is 0.000000383. The van der Waals surface area contributed by atoms with Crippen LogP contribution in [0.15, 0.2) is 36.8 Å². The van der Waals surface area contributed by atoms with Crippen molar-refractivity contribution in [2.75, 3.05) is 26.7 Å². The zero-order chi connectivity index (χ0) is 24.4. The maximum atomic E-state index is 13.2. The van der Waals surface area contributed by atoms with E-state index in [4.69, 9.17) is 14.6 Å². The van der Waals surface area contributed by atoms with Gasteiger partial charge >= 0.3 is 12.1 Å². The molecule has 8 nitrogen and oxygen atoms in total. The first kappa shape index (κ1) is 24.4. The number of hydrogen-bond donors (Lipinski definition) is 1. The molecule has 0 saturated carbocycles. The number of nitrogens with zero attached hydrogens (tertiary/aromatic N) is 4.